The second-order valence-electron chi connectivity index (χ2n) is 5.04. The summed E-state index contributed by atoms with van der Waals surface area (Å²) in [6, 6.07) is 5.32. The van der Waals surface area contributed by atoms with E-state index in [-0.39, 0.29) is 6.54 Å². The molecule has 2 rings (SSSR count). The van der Waals surface area contributed by atoms with Crippen LogP contribution in [0.4, 0.5) is 0 Å². The summed E-state index contributed by atoms with van der Waals surface area (Å²) >= 11 is 9.39. The Labute approximate surface area is 135 Å². The zero-order valence-corrected chi connectivity index (χ0v) is 13.9. The number of benzene rings is 1. The van der Waals surface area contributed by atoms with Gasteiger partial charge in [-0.3, -0.25) is 4.79 Å². The molecule has 1 N–H and O–H groups in total. The fourth-order valence-electron chi connectivity index (χ4n) is 1.86. The lowest BCUT2D eigenvalue weighted by Crippen LogP contribution is -2.32. The second-order valence-corrected chi connectivity index (χ2v) is 6.39. The predicted octanol–water partition coefficient (Wildman–Crippen LogP) is 3.26. The van der Waals surface area contributed by atoms with E-state index in [1.165, 1.54) is 4.68 Å². The Kier molecular flexibility index (Phi) is 4.63. The first-order valence-electron chi connectivity index (χ1n) is 6.32. The van der Waals surface area contributed by atoms with Gasteiger partial charge >= 0.3 is 5.97 Å². The lowest BCUT2D eigenvalue weighted by molar-refractivity contribution is -0.149. The maximum Gasteiger partial charge on any atom is 0.311 e. The van der Waals surface area contributed by atoms with Gasteiger partial charge in [-0.25, -0.2) is 4.68 Å². The number of nitrogens with zero attached hydrogens (tertiary/aromatic N) is 4. The molecule has 2 aromatic rings. The Balaban J connectivity index is 2.41. The first-order chi connectivity index (χ1) is 9.85. The van der Waals surface area contributed by atoms with Gasteiger partial charge in [0, 0.05) is 15.1 Å². The summed E-state index contributed by atoms with van der Waals surface area (Å²) in [5, 5.41) is 21.4. The molecular weight excluding hydrogens is 360 g/mol. The van der Waals surface area contributed by atoms with Crippen molar-refractivity contribution in [3.8, 4) is 11.4 Å². The first kappa shape index (κ1) is 15.9. The lowest BCUT2D eigenvalue weighted by atomic mass is 9.88. The van der Waals surface area contributed by atoms with Gasteiger partial charge in [-0.05, 0) is 42.0 Å². The van der Waals surface area contributed by atoms with Crippen molar-refractivity contribution in [1.29, 1.82) is 0 Å². The van der Waals surface area contributed by atoms with Crippen LogP contribution in [0.25, 0.3) is 11.4 Å². The highest BCUT2D eigenvalue weighted by molar-refractivity contribution is 9.10. The fraction of sp³-hybridized carbons (Fsp3) is 0.385. The molecule has 0 radical (unpaired) electrons. The molecule has 6 nitrogen and oxygen atoms in total. The van der Waals surface area contributed by atoms with Crippen LogP contribution in [0, 0.1) is 5.41 Å². The van der Waals surface area contributed by atoms with E-state index in [1.54, 1.807) is 19.1 Å². The molecule has 0 aliphatic heterocycles. The van der Waals surface area contributed by atoms with Crippen molar-refractivity contribution >= 4 is 33.5 Å². The molecule has 1 aromatic carbocycles. The number of hydrogen-bond donors (Lipinski definition) is 1. The summed E-state index contributed by atoms with van der Waals surface area (Å²) in [4.78, 5) is 11.4. The molecular formula is C13H14BrClN4O2. The van der Waals surface area contributed by atoms with Crippen LogP contribution in [0.3, 0.4) is 0 Å². The van der Waals surface area contributed by atoms with Crippen molar-refractivity contribution in [3.63, 3.8) is 0 Å². The summed E-state index contributed by atoms with van der Waals surface area (Å²) < 4.78 is 2.30. The van der Waals surface area contributed by atoms with E-state index in [0.29, 0.717) is 17.3 Å². The Morgan fingerprint density at radius 1 is 1.48 bits per heavy atom. The maximum absolute atomic E-state index is 11.4. The van der Waals surface area contributed by atoms with Gasteiger partial charge < -0.3 is 5.11 Å². The summed E-state index contributed by atoms with van der Waals surface area (Å²) in [6.45, 7) is 3.69. The highest BCUT2D eigenvalue weighted by Gasteiger charge is 2.33. The minimum Gasteiger partial charge on any atom is -0.481 e. The third-order valence-corrected chi connectivity index (χ3v) is 4.12. The van der Waals surface area contributed by atoms with Crippen LogP contribution < -0.4 is 0 Å². The number of rotatable bonds is 5. The molecule has 0 aliphatic rings. The highest BCUT2D eigenvalue weighted by atomic mass is 79.9. The number of carboxylic acid groups (broad SMARTS) is 1. The van der Waals surface area contributed by atoms with Crippen LogP contribution in [0.2, 0.25) is 5.02 Å². The van der Waals surface area contributed by atoms with Gasteiger partial charge in [0.2, 0.25) is 0 Å². The van der Waals surface area contributed by atoms with Gasteiger partial charge in [-0.15, -0.1) is 5.10 Å². The Morgan fingerprint density at radius 3 is 2.76 bits per heavy atom. The largest absolute Gasteiger partial charge is 0.481 e. The third kappa shape index (κ3) is 3.41. The molecule has 1 heterocycles. The van der Waals surface area contributed by atoms with E-state index >= 15 is 0 Å². The topological polar surface area (TPSA) is 80.9 Å². The van der Waals surface area contributed by atoms with Crippen molar-refractivity contribution in [2.45, 2.75) is 26.8 Å². The molecule has 1 unspecified atom stereocenters. The van der Waals surface area contributed by atoms with Crippen molar-refractivity contribution in [2.75, 3.05) is 0 Å². The molecule has 0 fully saturated rings. The zero-order chi connectivity index (χ0) is 15.6. The van der Waals surface area contributed by atoms with Gasteiger partial charge in [0.25, 0.3) is 0 Å². The maximum atomic E-state index is 11.4. The minimum absolute atomic E-state index is 0.186. The lowest BCUT2D eigenvalue weighted by Gasteiger charge is -2.22. The Bertz CT molecular complexity index is 656. The number of carboxylic acids is 1. The van der Waals surface area contributed by atoms with E-state index in [4.69, 9.17) is 11.6 Å². The number of carbonyl (C=O) groups is 1. The van der Waals surface area contributed by atoms with Gasteiger partial charge in [-0.1, -0.05) is 34.5 Å². The average Bonchev–Trinajstić information content (AvgIpc) is 2.85. The smallest absolute Gasteiger partial charge is 0.311 e. The fourth-order valence-corrected chi connectivity index (χ4v) is 2.72. The minimum atomic E-state index is -0.931. The van der Waals surface area contributed by atoms with Crippen LogP contribution in [0.15, 0.2) is 22.7 Å². The van der Waals surface area contributed by atoms with Crippen LogP contribution in [-0.2, 0) is 11.3 Å². The number of halogens is 2. The zero-order valence-electron chi connectivity index (χ0n) is 11.5. The Hall–Kier alpha value is -1.47. The number of aromatic nitrogens is 4. The third-order valence-electron chi connectivity index (χ3n) is 3.45. The monoisotopic (exact) mass is 372 g/mol. The molecule has 1 atom stereocenters. The number of hydrogen-bond acceptors (Lipinski definition) is 4. The van der Waals surface area contributed by atoms with Crippen molar-refractivity contribution in [1.82, 2.24) is 20.2 Å². The molecule has 21 heavy (non-hydrogen) atoms. The molecule has 0 saturated carbocycles. The molecule has 0 aliphatic carbocycles. The van der Waals surface area contributed by atoms with Crippen molar-refractivity contribution in [2.24, 2.45) is 5.41 Å². The quantitative estimate of drug-likeness (QED) is 0.870. The van der Waals surface area contributed by atoms with Crippen LogP contribution in [0.5, 0.6) is 0 Å². The number of aliphatic carboxylic acids is 1. The van der Waals surface area contributed by atoms with E-state index in [0.717, 1.165) is 10.0 Å². The summed E-state index contributed by atoms with van der Waals surface area (Å²) in [7, 11) is 0. The Morgan fingerprint density at radius 2 is 2.19 bits per heavy atom. The van der Waals surface area contributed by atoms with E-state index in [1.807, 2.05) is 13.0 Å². The summed E-state index contributed by atoms with van der Waals surface area (Å²) in [5.74, 6) is -0.391. The standard InChI is InChI=1S/C13H14BrClN4O2/c1-3-13(2,12(20)21)7-19-11(16-17-18-19)8-4-9(14)6-10(15)5-8/h4-6H,3,7H2,1-2H3,(H,20,21). The van der Waals surface area contributed by atoms with Crippen LogP contribution >= 0.6 is 27.5 Å². The SMILES string of the molecule is CCC(C)(Cn1nnnc1-c1cc(Cl)cc(Br)c1)C(=O)O. The van der Waals surface area contributed by atoms with E-state index < -0.39 is 11.4 Å². The predicted molar refractivity (Wildman–Crippen MR) is 82.0 cm³/mol. The average molecular weight is 374 g/mol. The van der Waals surface area contributed by atoms with Gasteiger partial charge in [0.15, 0.2) is 5.82 Å². The second kappa shape index (κ2) is 6.11. The highest BCUT2D eigenvalue weighted by Crippen LogP contribution is 2.29. The van der Waals surface area contributed by atoms with Crippen LogP contribution in [-0.4, -0.2) is 31.3 Å². The molecule has 0 bridgehead atoms. The summed E-state index contributed by atoms with van der Waals surface area (Å²) in [6.07, 6.45) is 0.473. The molecule has 8 heteroatoms. The van der Waals surface area contributed by atoms with Gasteiger partial charge in [0.1, 0.15) is 0 Å². The van der Waals surface area contributed by atoms with E-state index in [9.17, 15) is 9.90 Å². The molecule has 0 amide bonds. The van der Waals surface area contributed by atoms with Crippen LogP contribution in [0.1, 0.15) is 20.3 Å². The van der Waals surface area contributed by atoms with Crippen molar-refractivity contribution < 1.29 is 9.90 Å². The van der Waals surface area contributed by atoms with Gasteiger partial charge in [0.05, 0.1) is 12.0 Å². The molecule has 0 spiro atoms. The first-order valence-corrected chi connectivity index (χ1v) is 7.49. The van der Waals surface area contributed by atoms with E-state index in [2.05, 4.69) is 31.5 Å². The summed E-state index contributed by atoms with van der Waals surface area (Å²) in [5.41, 5.74) is -0.205. The van der Waals surface area contributed by atoms with Gasteiger partial charge in [-0.2, -0.15) is 0 Å². The normalized spacial score (nSPS) is 13.9. The molecule has 0 saturated heterocycles. The number of tetrazole rings is 1. The molecule has 1 aromatic heterocycles. The van der Waals surface area contributed by atoms with Crippen molar-refractivity contribution in [3.05, 3.63) is 27.7 Å². The molecule has 112 valence electrons.